The molecule has 1 nitrogen and oxygen atoms in total. The molecule has 10 rings (SSSR count). The number of hydrogen-bond donors (Lipinski definition) is 0. The number of fused-ring (bicyclic) bond motifs is 8. The van der Waals surface area contributed by atoms with Gasteiger partial charge in [0.25, 0.3) is 0 Å². The van der Waals surface area contributed by atoms with Crippen LogP contribution in [-0.4, -0.2) is 4.57 Å². The maximum Gasteiger partial charge on any atom is 0.0541 e. The maximum absolute atomic E-state index is 2.43. The van der Waals surface area contributed by atoms with Crippen LogP contribution in [0.1, 0.15) is 22.6 Å². The topological polar surface area (TPSA) is 4.93 Å². The summed E-state index contributed by atoms with van der Waals surface area (Å²) in [5, 5.41) is 7.67. The number of para-hydroxylation sites is 1. The molecule has 0 bridgehead atoms. The third kappa shape index (κ3) is 4.17. The molecule has 1 aromatic heterocycles. The van der Waals surface area contributed by atoms with Crippen molar-refractivity contribution in [2.45, 2.75) is 12.3 Å². The van der Waals surface area contributed by atoms with Crippen LogP contribution in [0.4, 0.5) is 0 Å². The van der Waals surface area contributed by atoms with Crippen LogP contribution in [-0.2, 0) is 6.42 Å². The van der Waals surface area contributed by atoms with Gasteiger partial charge in [0, 0.05) is 22.4 Å². The summed E-state index contributed by atoms with van der Waals surface area (Å²) in [6.45, 7) is 0. The lowest BCUT2D eigenvalue weighted by Gasteiger charge is -2.29. The molecule has 1 unspecified atom stereocenters. The second-order valence-corrected chi connectivity index (χ2v) is 12.9. The number of nitrogens with zero attached hydrogens (tertiary/aromatic N) is 1. The quantitative estimate of drug-likeness (QED) is 0.191. The van der Waals surface area contributed by atoms with E-state index in [9.17, 15) is 0 Å². The van der Waals surface area contributed by atoms with Gasteiger partial charge in [0.2, 0.25) is 0 Å². The number of hydrogen-bond acceptors (Lipinski definition) is 0. The minimum Gasteiger partial charge on any atom is -0.309 e. The van der Waals surface area contributed by atoms with Gasteiger partial charge < -0.3 is 4.57 Å². The van der Waals surface area contributed by atoms with Crippen molar-refractivity contribution in [1.29, 1.82) is 0 Å². The molecule has 1 aliphatic rings. The first-order valence-electron chi connectivity index (χ1n) is 16.5. The molecule has 1 heteroatoms. The zero-order valence-electron chi connectivity index (χ0n) is 25.9. The van der Waals surface area contributed by atoms with Crippen molar-refractivity contribution in [2.75, 3.05) is 0 Å². The molecule has 0 N–H and O–H groups in total. The van der Waals surface area contributed by atoms with Gasteiger partial charge in [-0.2, -0.15) is 0 Å². The highest BCUT2D eigenvalue weighted by molar-refractivity contribution is 6.10. The molecule has 0 radical (unpaired) electrons. The van der Waals surface area contributed by atoms with Gasteiger partial charge in [-0.25, -0.2) is 0 Å². The first-order chi connectivity index (χ1) is 23.3. The highest BCUT2D eigenvalue weighted by atomic mass is 15.0. The normalized spacial score (nSPS) is 14.1. The summed E-state index contributed by atoms with van der Waals surface area (Å²) >= 11 is 0. The van der Waals surface area contributed by atoms with Gasteiger partial charge in [-0.05, 0) is 103 Å². The van der Waals surface area contributed by atoms with E-state index in [1.54, 1.807) is 0 Å². The minimum atomic E-state index is 0.340. The zero-order valence-corrected chi connectivity index (χ0v) is 25.9. The second-order valence-electron chi connectivity index (χ2n) is 12.9. The van der Waals surface area contributed by atoms with E-state index in [-0.39, 0.29) is 0 Å². The lowest BCUT2D eigenvalue weighted by atomic mass is 9.75. The SMILES string of the molecule is c1ccc2c(c1)-c1cc(-c3ccc4c(c3)c3ccccc3n4-c3ccc4ccccc4c3)ccc1CC2c1ccc2ccccc2c1. The van der Waals surface area contributed by atoms with E-state index < -0.39 is 0 Å². The fourth-order valence-corrected chi connectivity index (χ4v) is 8.03. The number of aromatic nitrogens is 1. The maximum atomic E-state index is 2.43. The van der Waals surface area contributed by atoms with Crippen molar-refractivity contribution in [3.8, 4) is 27.9 Å². The van der Waals surface area contributed by atoms with Gasteiger partial charge in [0.1, 0.15) is 0 Å². The first-order valence-corrected chi connectivity index (χ1v) is 16.5. The monoisotopic (exact) mass is 597 g/mol. The molecule has 0 amide bonds. The van der Waals surface area contributed by atoms with E-state index in [0.717, 1.165) is 6.42 Å². The van der Waals surface area contributed by atoms with Crippen molar-refractivity contribution < 1.29 is 0 Å². The number of rotatable bonds is 3. The Labute approximate surface area is 274 Å². The molecule has 47 heavy (non-hydrogen) atoms. The van der Waals surface area contributed by atoms with Gasteiger partial charge >= 0.3 is 0 Å². The molecule has 8 aromatic carbocycles. The Hall–Kier alpha value is -5.92. The van der Waals surface area contributed by atoms with Gasteiger partial charge in [0.15, 0.2) is 0 Å². The predicted octanol–water partition coefficient (Wildman–Crippen LogP) is 12.1. The summed E-state index contributed by atoms with van der Waals surface area (Å²) in [5.41, 5.74) is 13.1. The summed E-state index contributed by atoms with van der Waals surface area (Å²) in [6.07, 6.45) is 1.00. The van der Waals surface area contributed by atoms with E-state index in [4.69, 9.17) is 0 Å². The molecule has 1 aliphatic carbocycles. The predicted molar refractivity (Wildman–Crippen MR) is 199 cm³/mol. The third-order valence-electron chi connectivity index (χ3n) is 10.3. The van der Waals surface area contributed by atoms with Gasteiger partial charge in [-0.1, -0.05) is 133 Å². The Morgan fingerprint density at radius 2 is 1.09 bits per heavy atom. The Morgan fingerprint density at radius 3 is 1.96 bits per heavy atom. The molecule has 9 aromatic rings. The average Bonchev–Trinajstić information content (AvgIpc) is 3.47. The number of benzene rings is 8. The Balaban J connectivity index is 1.09. The van der Waals surface area contributed by atoms with Crippen molar-refractivity contribution in [2.24, 2.45) is 0 Å². The second kappa shape index (κ2) is 10.3. The molecule has 0 saturated carbocycles. The summed E-state index contributed by atoms with van der Waals surface area (Å²) in [5.74, 6) is 0.340. The molecule has 0 spiro atoms. The fourth-order valence-electron chi connectivity index (χ4n) is 8.03. The van der Waals surface area contributed by atoms with Gasteiger partial charge in [-0.15, -0.1) is 0 Å². The van der Waals surface area contributed by atoms with E-state index in [1.807, 2.05) is 0 Å². The molecule has 0 fully saturated rings. The lowest BCUT2D eigenvalue weighted by Crippen LogP contribution is -2.12. The average molecular weight is 598 g/mol. The smallest absolute Gasteiger partial charge is 0.0541 e. The highest BCUT2D eigenvalue weighted by Crippen LogP contribution is 2.45. The van der Waals surface area contributed by atoms with Crippen LogP contribution in [0.25, 0.3) is 71.3 Å². The highest BCUT2D eigenvalue weighted by Gasteiger charge is 2.26. The molecule has 1 atom stereocenters. The van der Waals surface area contributed by atoms with E-state index in [2.05, 4.69) is 174 Å². The van der Waals surface area contributed by atoms with Crippen LogP contribution in [0.2, 0.25) is 0 Å². The van der Waals surface area contributed by atoms with Crippen LogP contribution in [0.15, 0.2) is 170 Å². The van der Waals surface area contributed by atoms with Crippen molar-refractivity contribution >= 4 is 43.4 Å². The van der Waals surface area contributed by atoms with Crippen LogP contribution < -0.4 is 0 Å². The molecular formula is C46H31N. The van der Waals surface area contributed by atoms with E-state index >= 15 is 0 Å². The van der Waals surface area contributed by atoms with E-state index in [0.29, 0.717) is 5.92 Å². The fraction of sp³-hybridized carbons (Fsp3) is 0.0435. The molecule has 0 aliphatic heterocycles. The van der Waals surface area contributed by atoms with Gasteiger partial charge in [0.05, 0.1) is 11.0 Å². The van der Waals surface area contributed by atoms with Crippen molar-refractivity contribution in [3.63, 3.8) is 0 Å². The Bertz CT molecular complexity index is 2670. The molecular weight excluding hydrogens is 567 g/mol. The summed E-state index contributed by atoms with van der Waals surface area (Å²) in [6, 6.07) is 63.0. The third-order valence-corrected chi connectivity index (χ3v) is 10.3. The summed E-state index contributed by atoms with van der Waals surface area (Å²) in [4.78, 5) is 0. The van der Waals surface area contributed by atoms with Crippen molar-refractivity contribution in [1.82, 2.24) is 4.57 Å². The largest absolute Gasteiger partial charge is 0.309 e. The van der Waals surface area contributed by atoms with Crippen LogP contribution >= 0.6 is 0 Å². The Kier molecular flexibility index (Phi) is 5.77. The summed E-state index contributed by atoms with van der Waals surface area (Å²) < 4.78 is 2.41. The van der Waals surface area contributed by atoms with E-state index in [1.165, 1.54) is 88.0 Å². The van der Waals surface area contributed by atoms with Crippen molar-refractivity contribution in [3.05, 3.63) is 187 Å². The van der Waals surface area contributed by atoms with Crippen LogP contribution in [0.5, 0.6) is 0 Å². The van der Waals surface area contributed by atoms with Crippen LogP contribution in [0, 0.1) is 0 Å². The standard InChI is InChI=1S/C46H31N/c1-3-11-32-25-36(19-17-30(32)9-1)43-29-37-20-18-34(27-42(37)39-13-5-6-14-40(39)43)35-22-24-46-44(28-35)41-15-7-8-16-45(41)47(46)38-23-21-31-10-2-4-12-33(31)26-38/h1-28,43H,29H2. The van der Waals surface area contributed by atoms with Gasteiger partial charge in [-0.3, -0.25) is 0 Å². The lowest BCUT2D eigenvalue weighted by molar-refractivity contribution is 0.795. The van der Waals surface area contributed by atoms with Crippen LogP contribution in [0.3, 0.4) is 0 Å². The Morgan fingerprint density at radius 1 is 0.426 bits per heavy atom. The molecule has 0 saturated heterocycles. The zero-order chi connectivity index (χ0) is 30.9. The molecule has 1 heterocycles. The molecule has 220 valence electrons. The minimum absolute atomic E-state index is 0.340. The first kappa shape index (κ1) is 26.3. The summed E-state index contributed by atoms with van der Waals surface area (Å²) in [7, 11) is 0.